The van der Waals surface area contributed by atoms with Gasteiger partial charge in [0.25, 0.3) is 17.4 Å². The number of fused-ring (bicyclic) bond motifs is 1. The Hall–Kier alpha value is -3.42. The number of likely N-dealkylation sites (tertiary alicyclic amines) is 1. The summed E-state index contributed by atoms with van der Waals surface area (Å²) in [7, 11) is 0. The summed E-state index contributed by atoms with van der Waals surface area (Å²) >= 11 is 0. The van der Waals surface area contributed by atoms with Gasteiger partial charge in [-0.25, -0.2) is 0 Å². The van der Waals surface area contributed by atoms with Crippen LogP contribution in [0.25, 0.3) is 0 Å². The number of aryl methyl sites for hydroxylation is 1. The molecule has 3 heterocycles. The molecule has 0 atom stereocenters. The Morgan fingerprint density at radius 3 is 2.33 bits per heavy atom. The van der Waals surface area contributed by atoms with E-state index in [2.05, 4.69) is 5.32 Å². The molecule has 3 amide bonds. The van der Waals surface area contributed by atoms with E-state index in [4.69, 9.17) is 0 Å². The Morgan fingerprint density at radius 2 is 1.70 bits per heavy atom. The largest absolute Gasteiger partial charge is 0.348 e. The Bertz CT molecular complexity index is 1180. The van der Waals surface area contributed by atoms with Crippen LogP contribution in [0.4, 0.5) is 0 Å². The summed E-state index contributed by atoms with van der Waals surface area (Å²) < 4.78 is 1.39. The number of carbonyl (C=O) groups is 3. The van der Waals surface area contributed by atoms with Gasteiger partial charge in [0.05, 0.1) is 5.41 Å². The average Bonchev–Trinajstić information content (AvgIpc) is 3.55. The molecule has 3 aliphatic rings. The number of carbonyl (C=O) groups excluding carboxylic acids is 3. The third kappa shape index (κ3) is 3.94. The van der Waals surface area contributed by atoms with E-state index in [0.29, 0.717) is 26.2 Å². The summed E-state index contributed by atoms with van der Waals surface area (Å²) in [6, 6.07) is 10.8. The minimum atomic E-state index is -0.459. The number of nitrogens with zero attached hydrogens (tertiary/aromatic N) is 3. The summed E-state index contributed by atoms with van der Waals surface area (Å²) in [5.41, 5.74) is 1.47. The number of hydrogen-bond acceptors (Lipinski definition) is 4. The molecule has 8 nitrogen and oxygen atoms in total. The number of amides is 3. The average molecular weight is 449 g/mol. The number of pyridine rings is 1. The molecule has 2 fully saturated rings. The van der Waals surface area contributed by atoms with Crippen LogP contribution in [0.2, 0.25) is 0 Å². The fourth-order valence-corrected chi connectivity index (χ4v) is 4.59. The molecule has 1 aromatic carbocycles. The highest BCUT2D eigenvalue weighted by atomic mass is 16.2. The molecule has 33 heavy (non-hydrogen) atoms. The van der Waals surface area contributed by atoms with E-state index in [-0.39, 0.29) is 23.1 Å². The highest BCUT2D eigenvalue weighted by Crippen LogP contribution is 2.48. The molecule has 1 saturated heterocycles. The lowest BCUT2D eigenvalue weighted by Crippen LogP contribution is -2.52. The summed E-state index contributed by atoms with van der Waals surface area (Å²) in [4.78, 5) is 55.1. The molecule has 1 aromatic heterocycles. The highest BCUT2D eigenvalue weighted by molar-refractivity contribution is 5.97. The first kappa shape index (κ1) is 21.4. The summed E-state index contributed by atoms with van der Waals surface area (Å²) in [5.74, 6) is -0.555. The van der Waals surface area contributed by atoms with Crippen molar-refractivity contribution in [2.24, 2.45) is 5.41 Å². The predicted molar refractivity (Wildman–Crippen MR) is 122 cm³/mol. The Morgan fingerprint density at radius 1 is 0.970 bits per heavy atom. The zero-order chi connectivity index (χ0) is 23.2. The standard InChI is InChI=1S/C25H28N4O4/c1-17-3-5-18(6-4-17)15-26-21(30)19-7-8-20-23(32)28(13-14-29(20)22(19)31)16-25(9-10-25)24(33)27-11-2-12-27/h3-8H,2,9-16H2,1H3,(H,26,30). The molecule has 8 heteroatoms. The molecule has 2 aliphatic heterocycles. The van der Waals surface area contributed by atoms with Crippen LogP contribution in [0.3, 0.4) is 0 Å². The maximum Gasteiger partial charge on any atom is 0.270 e. The molecular weight excluding hydrogens is 420 g/mol. The predicted octanol–water partition coefficient (Wildman–Crippen LogP) is 1.56. The van der Waals surface area contributed by atoms with Crippen LogP contribution in [0.15, 0.2) is 41.2 Å². The van der Waals surface area contributed by atoms with Gasteiger partial charge in [-0.2, -0.15) is 0 Å². The van der Waals surface area contributed by atoms with Crippen LogP contribution < -0.4 is 10.9 Å². The molecule has 2 aromatic rings. The van der Waals surface area contributed by atoms with Gasteiger partial charge in [0.2, 0.25) is 5.91 Å². The maximum atomic E-state index is 13.1. The summed E-state index contributed by atoms with van der Waals surface area (Å²) in [5, 5.41) is 2.79. The summed E-state index contributed by atoms with van der Waals surface area (Å²) in [6.07, 6.45) is 2.65. The smallest absolute Gasteiger partial charge is 0.270 e. The van der Waals surface area contributed by atoms with Crippen molar-refractivity contribution in [2.45, 2.75) is 39.3 Å². The second-order valence-electron chi connectivity index (χ2n) is 9.41. The molecule has 1 aliphatic carbocycles. The highest BCUT2D eigenvalue weighted by Gasteiger charge is 2.54. The number of benzene rings is 1. The molecule has 172 valence electrons. The SMILES string of the molecule is Cc1ccc(CNC(=O)c2ccc3n(c2=O)CCN(CC2(C(=O)N4CCC4)CC2)C3=O)cc1. The molecule has 0 unspecified atom stereocenters. The van der Waals surface area contributed by atoms with E-state index in [1.54, 1.807) is 11.0 Å². The molecular formula is C25H28N4O4. The lowest BCUT2D eigenvalue weighted by molar-refractivity contribution is -0.141. The minimum absolute atomic E-state index is 0.0266. The number of nitrogens with one attached hydrogen (secondary N) is 1. The van der Waals surface area contributed by atoms with Crippen molar-refractivity contribution in [2.75, 3.05) is 26.2 Å². The van der Waals surface area contributed by atoms with Crippen LogP contribution in [-0.4, -0.2) is 58.3 Å². The van der Waals surface area contributed by atoms with Crippen LogP contribution in [0, 0.1) is 12.3 Å². The van der Waals surface area contributed by atoms with Crippen molar-refractivity contribution in [3.05, 3.63) is 69.1 Å². The van der Waals surface area contributed by atoms with Crippen LogP contribution in [-0.2, 0) is 17.9 Å². The van der Waals surface area contributed by atoms with E-state index in [1.807, 2.05) is 36.1 Å². The quantitative estimate of drug-likeness (QED) is 0.726. The monoisotopic (exact) mass is 448 g/mol. The van der Waals surface area contributed by atoms with Crippen molar-refractivity contribution < 1.29 is 14.4 Å². The third-order valence-electron chi connectivity index (χ3n) is 7.04. The first-order chi connectivity index (χ1) is 15.9. The van der Waals surface area contributed by atoms with Crippen molar-refractivity contribution in [3.63, 3.8) is 0 Å². The number of rotatable bonds is 6. The summed E-state index contributed by atoms with van der Waals surface area (Å²) in [6.45, 7) is 4.99. The van der Waals surface area contributed by atoms with Crippen molar-refractivity contribution in [1.82, 2.24) is 19.7 Å². The fourth-order valence-electron chi connectivity index (χ4n) is 4.59. The van der Waals surface area contributed by atoms with Crippen LogP contribution in [0.1, 0.15) is 51.2 Å². The second-order valence-corrected chi connectivity index (χ2v) is 9.41. The van der Waals surface area contributed by atoms with E-state index in [0.717, 1.165) is 43.5 Å². The van der Waals surface area contributed by atoms with Gasteiger partial charge in [-0.3, -0.25) is 19.2 Å². The molecule has 0 spiro atoms. The Balaban J connectivity index is 1.28. The zero-order valence-electron chi connectivity index (χ0n) is 18.8. The van der Waals surface area contributed by atoms with Crippen LogP contribution >= 0.6 is 0 Å². The zero-order valence-corrected chi connectivity index (χ0v) is 18.8. The Kier molecular flexibility index (Phi) is 5.31. The lowest BCUT2D eigenvalue weighted by Gasteiger charge is -2.37. The third-order valence-corrected chi connectivity index (χ3v) is 7.04. The van der Waals surface area contributed by atoms with Crippen LogP contribution in [0.5, 0.6) is 0 Å². The van der Waals surface area contributed by atoms with Gasteiger partial charge in [0.1, 0.15) is 11.3 Å². The molecule has 5 rings (SSSR count). The van der Waals surface area contributed by atoms with Gasteiger partial charge < -0.3 is 19.7 Å². The fraction of sp³-hybridized carbons (Fsp3) is 0.440. The molecule has 0 radical (unpaired) electrons. The second kappa shape index (κ2) is 8.17. The topological polar surface area (TPSA) is 91.7 Å². The van der Waals surface area contributed by atoms with Gasteiger partial charge in [0.15, 0.2) is 0 Å². The first-order valence-corrected chi connectivity index (χ1v) is 11.5. The van der Waals surface area contributed by atoms with Gasteiger partial charge in [-0.1, -0.05) is 29.8 Å². The van der Waals surface area contributed by atoms with Crippen molar-refractivity contribution in [3.8, 4) is 0 Å². The van der Waals surface area contributed by atoms with Gasteiger partial charge in [-0.05, 0) is 43.9 Å². The van der Waals surface area contributed by atoms with E-state index in [1.165, 1.54) is 10.6 Å². The molecule has 1 saturated carbocycles. The first-order valence-electron chi connectivity index (χ1n) is 11.5. The molecule has 1 N–H and O–H groups in total. The Labute approximate surface area is 192 Å². The van der Waals surface area contributed by atoms with E-state index >= 15 is 0 Å². The number of hydrogen-bond donors (Lipinski definition) is 1. The number of aromatic nitrogens is 1. The van der Waals surface area contributed by atoms with Gasteiger partial charge >= 0.3 is 0 Å². The van der Waals surface area contributed by atoms with E-state index in [9.17, 15) is 19.2 Å². The normalized spacial score (nSPS) is 18.4. The van der Waals surface area contributed by atoms with Gasteiger partial charge in [0, 0.05) is 39.3 Å². The van der Waals surface area contributed by atoms with Crippen molar-refractivity contribution in [1.29, 1.82) is 0 Å². The van der Waals surface area contributed by atoms with Gasteiger partial charge in [-0.15, -0.1) is 0 Å². The van der Waals surface area contributed by atoms with E-state index < -0.39 is 16.9 Å². The minimum Gasteiger partial charge on any atom is -0.348 e. The maximum absolute atomic E-state index is 13.1. The van der Waals surface area contributed by atoms with Crippen molar-refractivity contribution >= 4 is 17.7 Å². The molecule has 0 bridgehead atoms. The lowest BCUT2D eigenvalue weighted by atomic mass is 10.0.